The molecule has 0 radical (unpaired) electrons. The second kappa shape index (κ2) is 4.21. The van der Waals surface area contributed by atoms with E-state index in [0.717, 1.165) is 0 Å². The van der Waals surface area contributed by atoms with Crippen LogP contribution in [0.3, 0.4) is 0 Å². The van der Waals surface area contributed by atoms with Crippen LogP contribution in [0, 0.1) is 17.0 Å². The number of oxazole rings is 1. The molecule has 0 fully saturated rings. The summed E-state index contributed by atoms with van der Waals surface area (Å²) in [7, 11) is 1.56. The molecule has 2 rings (SSSR count). The van der Waals surface area contributed by atoms with E-state index in [1.54, 1.807) is 20.2 Å². The molecule has 0 aromatic carbocycles. The fourth-order valence-corrected chi connectivity index (χ4v) is 1.81. The van der Waals surface area contributed by atoms with E-state index >= 15 is 0 Å². The Bertz CT molecular complexity index is 562. The molecule has 2 heterocycles. The molecule has 1 atom stereocenters. The summed E-state index contributed by atoms with van der Waals surface area (Å²) in [5.41, 5.74) is 0. The Labute approximate surface area is 102 Å². The molecular weight excluding hydrogens is 244 g/mol. The van der Waals surface area contributed by atoms with Crippen LogP contribution in [-0.4, -0.2) is 19.5 Å². The molecule has 2 aromatic rings. The van der Waals surface area contributed by atoms with Crippen molar-refractivity contribution in [3.05, 3.63) is 40.0 Å². The number of hydrogen-bond acceptors (Lipinski definition) is 6. The minimum atomic E-state index is -0.526. The second-order valence-corrected chi connectivity index (χ2v) is 4.02. The van der Waals surface area contributed by atoms with E-state index in [0.29, 0.717) is 17.5 Å². The minimum absolute atomic E-state index is 0.0951. The summed E-state index contributed by atoms with van der Waals surface area (Å²) in [6.45, 7) is 1.76. The summed E-state index contributed by atoms with van der Waals surface area (Å²) >= 11 is 4.31. The van der Waals surface area contributed by atoms with E-state index in [9.17, 15) is 10.1 Å². The molecule has 8 heteroatoms. The topological polar surface area (TPSA) is 87.0 Å². The lowest BCUT2D eigenvalue weighted by Gasteiger charge is -2.03. The number of nitrogens with zero attached hydrogens (tertiary/aromatic N) is 4. The highest BCUT2D eigenvalue weighted by atomic mass is 32.1. The fourth-order valence-electron chi connectivity index (χ4n) is 1.45. The lowest BCUT2D eigenvalue weighted by atomic mass is 10.4. The Hall–Kier alpha value is -1.83. The van der Waals surface area contributed by atoms with Crippen LogP contribution in [0.4, 0.5) is 5.82 Å². The number of rotatable bonds is 3. The van der Waals surface area contributed by atoms with Gasteiger partial charge in [-0.3, -0.25) is 0 Å². The monoisotopic (exact) mass is 254 g/mol. The van der Waals surface area contributed by atoms with Crippen molar-refractivity contribution in [1.29, 1.82) is 0 Å². The Balaban J connectivity index is 2.38. The molecule has 7 nitrogen and oxygen atoms in total. The van der Waals surface area contributed by atoms with Gasteiger partial charge < -0.3 is 14.5 Å². The first-order valence-corrected chi connectivity index (χ1v) is 5.28. The van der Waals surface area contributed by atoms with Crippen LogP contribution in [0.15, 0.2) is 16.8 Å². The van der Waals surface area contributed by atoms with Crippen molar-refractivity contribution in [1.82, 2.24) is 14.5 Å². The first kappa shape index (κ1) is 11.6. The molecule has 0 bridgehead atoms. The highest BCUT2D eigenvalue weighted by Gasteiger charge is 2.26. The van der Waals surface area contributed by atoms with Gasteiger partial charge in [0.25, 0.3) is 0 Å². The standard InChI is InChI=1S/C9H10N4O3S/c1-5-3-11-9(16-5)7(17)8-10-4-6(12(8)2)13(14)15/h3-4,7,17H,1-2H3. The first-order chi connectivity index (χ1) is 8.00. The molecule has 0 aliphatic rings. The molecule has 0 saturated heterocycles. The maximum absolute atomic E-state index is 10.7. The zero-order valence-corrected chi connectivity index (χ0v) is 10.1. The van der Waals surface area contributed by atoms with Gasteiger partial charge in [-0.15, -0.1) is 0 Å². The summed E-state index contributed by atoms with van der Waals surface area (Å²) in [6.07, 6.45) is 2.75. The number of hydrogen-bond donors (Lipinski definition) is 1. The number of imidazole rings is 1. The molecule has 0 aliphatic carbocycles. The van der Waals surface area contributed by atoms with Crippen molar-refractivity contribution < 1.29 is 9.34 Å². The summed E-state index contributed by atoms with van der Waals surface area (Å²) in [4.78, 5) is 18.2. The number of aromatic nitrogens is 3. The third-order valence-electron chi connectivity index (χ3n) is 2.30. The highest BCUT2D eigenvalue weighted by Crippen LogP contribution is 2.28. The second-order valence-electron chi connectivity index (χ2n) is 3.50. The minimum Gasteiger partial charge on any atom is -0.444 e. The lowest BCUT2D eigenvalue weighted by Crippen LogP contribution is -2.05. The fraction of sp³-hybridized carbons (Fsp3) is 0.333. The van der Waals surface area contributed by atoms with Gasteiger partial charge in [0.05, 0.1) is 13.2 Å². The van der Waals surface area contributed by atoms with Gasteiger partial charge in [0.1, 0.15) is 12.0 Å². The van der Waals surface area contributed by atoms with Gasteiger partial charge in [-0.1, -0.05) is 0 Å². The summed E-state index contributed by atoms with van der Waals surface area (Å²) < 4.78 is 6.67. The van der Waals surface area contributed by atoms with E-state index in [-0.39, 0.29) is 5.82 Å². The molecule has 0 aliphatic heterocycles. The zero-order valence-electron chi connectivity index (χ0n) is 9.19. The Kier molecular flexibility index (Phi) is 2.88. The van der Waals surface area contributed by atoms with Crippen LogP contribution in [0.25, 0.3) is 0 Å². The Morgan fingerprint density at radius 2 is 2.24 bits per heavy atom. The van der Waals surface area contributed by atoms with Crippen molar-refractivity contribution in [2.45, 2.75) is 12.2 Å². The van der Waals surface area contributed by atoms with Crippen molar-refractivity contribution in [2.75, 3.05) is 0 Å². The van der Waals surface area contributed by atoms with Gasteiger partial charge in [0, 0.05) is 0 Å². The van der Waals surface area contributed by atoms with Crippen molar-refractivity contribution in [3.63, 3.8) is 0 Å². The lowest BCUT2D eigenvalue weighted by molar-refractivity contribution is -0.391. The van der Waals surface area contributed by atoms with E-state index in [4.69, 9.17) is 4.42 Å². The predicted molar refractivity (Wildman–Crippen MR) is 61.9 cm³/mol. The van der Waals surface area contributed by atoms with Crippen LogP contribution < -0.4 is 0 Å². The number of nitro groups is 1. The SMILES string of the molecule is Cc1cnc(C(S)c2ncc([N+](=O)[O-])n2C)o1. The molecule has 0 amide bonds. The molecule has 0 saturated carbocycles. The summed E-state index contributed by atoms with van der Waals surface area (Å²) in [6, 6.07) is 0. The molecule has 0 N–H and O–H groups in total. The number of aryl methyl sites for hydroxylation is 1. The van der Waals surface area contributed by atoms with Gasteiger partial charge in [0.2, 0.25) is 11.7 Å². The molecule has 0 spiro atoms. The molecule has 2 aromatic heterocycles. The zero-order chi connectivity index (χ0) is 12.6. The molecule has 90 valence electrons. The van der Waals surface area contributed by atoms with E-state index in [2.05, 4.69) is 22.6 Å². The largest absolute Gasteiger partial charge is 0.444 e. The van der Waals surface area contributed by atoms with Gasteiger partial charge >= 0.3 is 5.82 Å². The third-order valence-corrected chi connectivity index (χ3v) is 2.76. The Morgan fingerprint density at radius 3 is 2.71 bits per heavy atom. The maximum Gasteiger partial charge on any atom is 0.342 e. The van der Waals surface area contributed by atoms with E-state index in [1.165, 1.54) is 10.8 Å². The van der Waals surface area contributed by atoms with Crippen LogP contribution >= 0.6 is 12.6 Å². The molecule has 17 heavy (non-hydrogen) atoms. The van der Waals surface area contributed by atoms with Gasteiger partial charge in [-0.2, -0.15) is 12.6 Å². The molecule has 1 unspecified atom stereocenters. The first-order valence-electron chi connectivity index (χ1n) is 4.77. The van der Waals surface area contributed by atoms with Crippen LogP contribution in [0.1, 0.15) is 22.7 Å². The van der Waals surface area contributed by atoms with Gasteiger partial charge in [0.15, 0.2) is 5.25 Å². The average Bonchev–Trinajstić information content (AvgIpc) is 2.83. The number of thiol groups is 1. The van der Waals surface area contributed by atoms with Crippen molar-refractivity contribution in [2.24, 2.45) is 7.05 Å². The predicted octanol–water partition coefficient (Wildman–Crippen LogP) is 1.64. The van der Waals surface area contributed by atoms with Crippen LogP contribution in [0.5, 0.6) is 0 Å². The van der Waals surface area contributed by atoms with Crippen molar-refractivity contribution in [3.8, 4) is 0 Å². The van der Waals surface area contributed by atoms with E-state index in [1.807, 2.05) is 0 Å². The summed E-state index contributed by atoms with van der Waals surface area (Å²) in [5, 5.41) is 10.2. The third kappa shape index (κ3) is 2.03. The van der Waals surface area contributed by atoms with Crippen molar-refractivity contribution >= 4 is 18.4 Å². The Morgan fingerprint density at radius 1 is 1.53 bits per heavy atom. The molecular formula is C9H10N4O3S. The smallest absolute Gasteiger partial charge is 0.342 e. The van der Waals surface area contributed by atoms with Gasteiger partial charge in [-0.05, 0) is 11.8 Å². The van der Waals surface area contributed by atoms with E-state index < -0.39 is 10.2 Å². The van der Waals surface area contributed by atoms with Gasteiger partial charge in [-0.25, -0.2) is 14.5 Å². The maximum atomic E-state index is 10.7. The normalized spacial score (nSPS) is 12.6. The average molecular weight is 254 g/mol. The summed E-state index contributed by atoms with van der Waals surface area (Å²) in [5.74, 6) is 1.35. The van der Waals surface area contributed by atoms with Crippen LogP contribution in [-0.2, 0) is 7.05 Å². The van der Waals surface area contributed by atoms with Crippen LogP contribution in [0.2, 0.25) is 0 Å². The highest BCUT2D eigenvalue weighted by molar-refractivity contribution is 7.80. The quantitative estimate of drug-likeness (QED) is 0.511.